The Labute approximate surface area is 97.1 Å². The predicted octanol–water partition coefficient (Wildman–Crippen LogP) is 3.04. The van der Waals surface area contributed by atoms with Crippen LogP contribution in [0, 0.1) is 0 Å². The van der Waals surface area contributed by atoms with Crippen molar-refractivity contribution < 1.29 is 0 Å². The van der Waals surface area contributed by atoms with E-state index in [1.54, 1.807) is 0 Å². The second-order valence-corrected chi connectivity index (χ2v) is 4.96. The molecular formula is C14H18N2. The van der Waals surface area contributed by atoms with Crippen molar-refractivity contribution in [2.24, 2.45) is 4.99 Å². The van der Waals surface area contributed by atoms with Gasteiger partial charge in [-0.1, -0.05) is 6.08 Å². The minimum absolute atomic E-state index is 1.11. The van der Waals surface area contributed by atoms with Crippen LogP contribution in [-0.2, 0) is 0 Å². The molecule has 2 nitrogen and oxygen atoms in total. The topological polar surface area (TPSA) is 15.6 Å². The Hall–Kier alpha value is -1.31. The van der Waals surface area contributed by atoms with Crippen molar-refractivity contribution in [2.45, 2.75) is 32.1 Å². The van der Waals surface area contributed by atoms with E-state index in [-0.39, 0.29) is 0 Å². The van der Waals surface area contributed by atoms with Crippen LogP contribution in [0.25, 0.3) is 0 Å². The van der Waals surface area contributed by atoms with Gasteiger partial charge in [-0.3, -0.25) is 4.99 Å². The van der Waals surface area contributed by atoms with Crippen LogP contribution in [0.5, 0.6) is 0 Å². The van der Waals surface area contributed by atoms with Gasteiger partial charge in [0, 0.05) is 42.3 Å². The maximum Gasteiger partial charge on any atom is 0.0490 e. The highest BCUT2D eigenvalue weighted by molar-refractivity contribution is 6.08. The molecule has 3 aliphatic rings. The highest BCUT2D eigenvalue weighted by Gasteiger charge is 2.26. The lowest BCUT2D eigenvalue weighted by atomic mass is 9.90. The highest BCUT2D eigenvalue weighted by atomic mass is 15.1. The number of fused-ring (bicyclic) bond motifs is 2. The van der Waals surface area contributed by atoms with Gasteiger partial charge in [0.05, 0.1) is 0 Å². The van der Waals surface area contributed by atoms with Gasteiger partial charge < -0.3 is 4.90 Å². The Bertz CT molecular complexity index is 447. The average Bonchev–Trinajstić information content (AvgIpc) is 2.66. The summed E-state index contributed by atoms with van der Waals surface area (Å²) in [4.78, 5) is 7.02. The molecule has 0 saturated carbocycles. The van der Waals surface area contributed by atoms with Crippen molar-refractivity contribution in [1.82, 2.24) is 4.90 Å². The summed E-state index contributed by atoms with van der Waals surface area (Å²) in [5.41, 5.74) is 6.94. The third-order valence-electron chi connectivity index (χ3n) is 3.65. The van der Waals surface area contributed by atoms with Gasteiger partial charge in [0.1, 0.15) is 0 Å². The van der Waals surface area contributed by atoms with Crippen LogP contribution in [0.3, 0.4) is 0 Å². The molecule has 0 atom stereocenters. The lowest BCUT2D eigenvalue weighted by Crippen LogP contribution is -2.14. The van der Waals surface area contributed by atoms with E-state index < -0.39 is 0 Å². The first-order valence-corrected chi connectivity index (χ1v) is 6.15. The molecule has 0 fully saturated rings. The van der Waals surface area contributed by atoms with Gasteiger partial charge in [-0.25, -0.2) is 0 Å². The van der Waals surface area contributed by atoms with Gasteiger partial charge in [0.15, 0.2) is 0 Å². The molecule has 0 spiro atoms. The molecule has 0 radical (unpaired) electrons. The van der Waals surface area contributed by atoms with E-state index in [2.05, 4.69) is 31.1 Å². The Balaban J connectivity index is 2.00. The molecular weight excluding hydrogens is 196 g/mol. The normalized spacial score (nSPS) is 23.2. The van der Waals surface area contributed by atoms with Crippen LogP contribution in [-0.4, -0.2) is 24.7 Å². The number of rotatable bonds is 1. The summed E-state index contributed by atoms with van der Waals surface area (Å²) in [6, 6.07) is 0. The molecule has 2 heteroatoms. The fourth-order valence-electron chi connectivity index (χ4n) is 2.72. The van der Waals surface area contributed by atoms with Gasteiger partial charge in [-0.15, -0.1) is 0 Å². The summed E-state index contributed by atoms with van der Waals surface area (Å²) in [7, 11) is 4.26. The van der Waals surface area contributed by atoms with Crippen LogP contribution in [0.2, 0.25) is 0 Å². The minimum Gasteiger partial charge on any atom is -0.381 e. The number of nitrogens with zero attached hydrogens (tertiary/aromatic N) is 2. The van der Waals surface area contributed by atoms with E-state index >= 15 is 0 Å². The standard InChI is InChI=1S/C14H18N2/c1-16(2)10-7-8-14-12(9-10)11-5-3-4-6-13(11)15-14/h5,9H,3-4,6-8H2,1-2H3. The Kier molecular flexibility index (Phi) is 2.23. The summed E-state index contributed by atoms with van der Waals surface area (Å²) < 4.78 is 0. The smallest absolute Gasteiger partial charge is 0.0490 e. The number of hydrogen-bond donors (Lipinski definition) is 0. The van der Waals surface area contributed by atoms with E-state index in [1.165, 1.54) is 47.5 Å². The zero-order valence-electron chi connectivity index (χ0n) is 10.1. The number of aliphatic imine (C=N–C) groups is 1. The Morgan fingerprint density at radius 1 is 1.19 bits per heavy atom. The second-order valence-electron chi connectivity index (χ2n) is 4.96. The molecule has 0 N–H and O–H groups in total. The second kappa shape index (κ2) is 3.62. The van der Waals surface area contributed by atoms with E-state index in [0.717, 1.165) is 12.8 Å². The number of allylic oxidation sites excluding steroid dienone is 6. The van der Waals surface area contributed by atoms with Gasteiger partial charge in [-0.05, 0) is 38.2 Å². The molecule has 0 bridgehead atoms. The zero-order valence-corrected chi connectivity index (χ0v) is 10.1. The van der Waals surface area contributed by atoms with E-state index in [9.17, 15) is 0 Å². The lowest BCUT2D eigenvalue weighted by molar-refractivity contribution is 0.482. The van der Waals surface area contributed by atoms with Crippen LogP contribution in [0.4, 0.5) is 0 Å². The molecule has 0 saturated heterocycles. The van der Waals surface area contributed by atoms with Crippen molar-refractivity contribution in [2.75, 3.05) is 14.1 Å². The molecule has 0 aromatic carbocycles. The van der Waals surface area contributed by atoms with Crippen LogP contribution >= 0.6 is 0 Å². The minimum atomic E-state index is 1.11. The molecule has 2 aliphatic carbocycles. The molecule has 0 amide bonds. The Morgan fingerprint density at radius 2 is 2.06 bits per heavy atom. The molecule has 0 unspecified atom stereocenters. The third kappa shape index (κ3) is 1.44. The summed E-state index contributed by atoms with van der Waals surface area (Å²) in [5, 5.41) is 0. The molecule has 84 valence electrons. The lowest BCUT2D eigenvalue weighted by Gasteiger charge is -2.22. The van der Waals surface area contributed by atoms with Crippen molar-refractivity contribution >= 4 is 5.71 Å². The van der Waals surface area contributed by atoms with E-state index in [0.29, 0.717) is 0 Å². The maximum atomic E-state index is 4.79. The SMILES string of the molecule is CN(C)C1=CC2=C(CC1)N=C1CCCC=C12. The van der Waals surface area contributed by atoms with E-state index in [4.69, 9.17) is 4.99 Å². The predicted molar refractivity (Wildman–Crippen MR) is 67.4 cm³/mol. The third-order valence-corrected chi connectivity index (χ3v) is 3.65. The molecule has 3 rings (SSSR count). The molecule has 0 aromatic rings. The van der Waals surface area contributed by atoms with Crippen molar-refractivity contribution in [3.63, 3.8) is 0 Å². The van der Waals surface area contributed by atoms with Crippen LogP contribution < -0.4 is 0 Å². The summed E-state index contributed by atoms with van der Waals surface area (Å²) in [6.45, 7) is 0. The monoisotopic (exact) mass is 214 g/mol. The summed E-state index contributed by atoms with van der Waals surface area (Å²) in [6.07, 6.45) is 10.6. The van der Waals surface area contributed by atoms with Crippen LogP contribution in [0.15, 0.2) is 39.7 Å². The summed E-state index contributed by atoms with van der Waals surface area (Å²) in [5.74, 6) is 0. The first kappa shape index (κ1) is 9.88. The van der Waals surface area contributed by atoms with Crippen molar-refractivity contribution in [1.29, 1.82) is 0 Å². The Morgan fingerprint density at radius 3 is 2.88 bits per heavy atom. The summed E-state index contributed by atoms with van der Waals surface area (Å²) >= 11 is 0. The van der Waals surface area contributed by atoms with Gasteiger partial charge in [0.2, 0.25) is 0 Å². The molecule has 1 heterocycles. The first-order valence-electron chi connectivity index (χ1n) is 6.15. The largest absolute Gasteiger partial charge is 0.381 e. The zero-order chi connectivity index (χ0) is 11.1. The van der Waals surface area contributed by atoms with Gasteiger partial charge >= 0.3 is 0 Å². The quantitative estimate of drug-likeness (QED) is 0.655. The fourth-order valence-corrected chi connectivity index (χ4v) is 2.72. The highest BCUT2D eigenvalue weighted by Crippen LogP contribution is 2.38. The first-order chi connectivity index (χ1) is 7.75. The van der Waals surface area contributed by atoms with Crippen molar-refractivity contribution in [3.8, 4) is 0 Å². The molecule has 16 heavy (non-hydrogen) atoms. The van der Waals surface area contributed by atoms with Gasteiger partial charge in [-0.2, -0.15) is 0 Å². The number of hydrogen-bond acceptors (Lipinski definition) is 2. The average molecular weight is 214 g/mol. The fraction of sp³-hybridized carbons (Fsp3) is 0.500. The van der Waals surface area contributed by atoms with E-state index in [1.807, 2.05) is 0 Å². The van der Waals surface area contributed by atoms with Crippen molar-refractivity contribution in [3.05, 3.63) is 34.7 Å². The molecule has 0 aromatic heterocycles. The molecule has 1 aliphatic heterocycles. The maximum absolute atomic E-state index is 4.79. The van der Waals surface area contributed by atoms with Gasteiger partial charge in [0.25, 0.3) is 0 Å². The van der Waals surface area contributed by atoms with Crippen LogP contribution in [0.1, 0.15) is 32.1 Å².